The van der Waals surface area contributed by atoms with E-state index in [0.717, 1.165) is 34.2 Å². The molecule has 0 saturated carbocycles. The van der Waals surface area contributed by atoms with E-state index in [4.69, 9.17) is 0 Å². The van der Waals surface area contributed by atoms with Gasteiger partial charge in [0.1, 0.15) is 12.6 Å². The van der Waals surface area contributed by atoms with Crippen LogP contribution in [0.3, 0.4) is 0 Å². The van der Waals surface area contributed by atoms with Crippen molar-refractivity contribution in [1.29, 1.82) is 0 Å². The molecular weight excluding hydrogens is 392 g/mol. The van der Waals surface area contributed by atoms with Crippen molar-refractivity contribution in [3.05, 3.63) is 71.9 Å². The lowest BCUT2D eigenvalue weighted by molar-refractivity contribution is -0.132. The molecule has 4 rings (SSSR count). The molecule has 1 aliphatic rings. The third-order valence-corrected chi connectivity index (χ3v) is 5.62. The maximum atomic E-state index is 12.8. The SMILES string of the molecule is C[C@H](CCc1ccccc1)NC(=O)CN1C(=O)N[C@H](Cc2c[nH]c3ccccc23)C1=O. The summed E-state index contributed by atoms with van der Waals surface area (Å²) in [6, 6.07) is 16.6. The first-order valence-electron chi connectivity index (χ1n) is 10.5. The van der Waals surface area contributed by atoms with E-state index in [1.165, 1.54) is 5.56 Å². The summed E-state index contributed by atoms with van der Waals surface area (Å²) in [4.78, 5) is 41.7. The Labute approximate surface area is 180 Å². The number of nitrogens with zero attached hydrogens (tertiary/aromatic N) is 1. The van der Waals surface area contributed by atoms with Crippen LogP contribution in [-0.2, 0) is 22.4 Å². The molecule has 0 radical (unpaired) electrons. The molecule has 160 valence electrons. The quantitative estimate of drug-likeness (QED) is 0.491. The van der Waals surface area contributed by atoms with Gasteiger partial charge in [-0.05, 0) is 37.0 Å². The van der Waals surface area contributed by atoms with Gasteiger partial charge in [-0.15, -0.1) is 0 Å². The summed E-state index contributed by atoms with van der Waals surface area (Å²) >= 11 is 0. The number of carbonyl (C=O) groups excluding carboxylic acids is 3. The van der Waals surface area contributed by atoms with Gasteiger partial charge in [0, 0.05) is 29.6 Å². The number of aromatic nitrogens is 1. The number of hydrogen-bond acceptors (Lipinski definition) is 3. The lowest BCUT2D eigenvalue weighted by atomic mass is 10.1. The lowest BCUT2D eigenvalue weighted by Gasteiger charge is -2.17. The summed E-state index contributed by atoms with van der Waals surface area (Å²) < 4.78 is 0. The number of imide groups is 1. The highest BCUT2D eigenvalue weighted by atomic mass is 16.2. The van der Waals surface area contributed by atoms with E-state index in [0.29, 0.717) is 6.42 Å². The topological polar surface area (TPSA) is 94.3 Å². The van der Waals surface area contributed by atoms with E-state index >= 15 is 0 Å². The van der Waals surface area contributed by atoms with E-state index in [1.54, 1.807) is 0 Å². The van der Waals surface area contributed by atoms with Crippen molar-refractivity contribution in [1.82, 2.24) is 20.5 Å². The molecular formula is C24H26N4O3. The number of benzene rings is 2. The smallest absolute Gasteiger partial charge is 0.325 e. The standard InChI is InChI=1S/C24H26N4O3/c1-16(11-12-17-7-3-2-4-8-17)26-22(29)15-28-23(30)21(27-24(28)31)13-18-14-25-20-10-6-5-9-19(18)20/h2-10,14,16,21,25H,11-13,15H2,1H3,(H,26,29)(H,27,31)/t16-,21-/m1/s1. The van der Waals surface area contributed by atoms with Crippen LogP contribution in [0.4, 0.5) is 4.79 Å². The maximum Gasteiger partial charge on any atom is 0.325 e. The minimum Gasteiger partial charge on any atom is -0.361 e. The number of fused-ring (bicyclic) bond motifs is 1. The predicted octanol–water partition coefficient (Wildman–Crippen LogP) is 2.77. The van der Waals surface area contributed by atoms with E-state index < -0.39 is 12.1 Å². The predicted molar refractivity (Wildman–Crippen MR) is 118 cm³/mol. The Morgan fingerprint density at radius 2 is 1.84 bits per heavy atom. The van der Waals surface area contributed by atoms with Crippen molar-refractivity contribution < 1.29 is 14.4 Å². The van der Waals surface area contributed by atoms with Crippen LogP contribution < -0.4 is 10.6 Å². The van der Waals surface area contributed by atoms with Gasteiger partial charge in [-0.25, -0.2) is 4.79 Å². The normalized spacial score (nSPS) is 17.1. The number of carbonyl (C=O) groups is 3. The molecule has 31 heavy (non-hydrogen) atoms. The third-order valence-electron chi connectivity index (χ3n) is 5.62. The highest BCUT2D eigenvalue weighted by molar-refractivity contribution is 6.06. The van der Waals surface area contributed by atoms with Gasteiger partial charge >= 0.3 is 6.03 Å². The number of para-hydroxylation sites is 1. The van der Waals surface area contributed by atoms with Crippen molar-refractivity contribution in [3.8, 4) is 0 Å². The van der Waals surface area contributed by atoms with Crippen LogP contribution in [0.25, 0.3) is 10.9 Å². The van der Waals surface area contributed by atoms with Gasteiger partial charge in [-0.2, -0.15) is 0 Å². The number of H-pyrrole nitrogens is 1. The molecule has 3 aromatic rings. The second-order valence-electron chi connectivity index (χ2n) is 7.98. The Hall–Kier alpha value is -3.61. The van der Waals surface area contributed by atoms with Crippen LogP contribution >= 0.6 is 0 Å². The summed E-state index contributed by atoms with van der Waals surface area (Å²) in [5.74, 6) is -0.709. The Morgan fingerprint density at radius 1 is 1.10 bits per heavy atom. The minimum atomic E-state index is -0.671. The number of rotatable bonds is 8. The molecule has 2 aromatic carbocycles. The van der Waals surface area contributed by atoms with Crippen molar-refractivity contribution in [3.63, 3.8) is 0 Å². The molecule has 1 saturated heterocycles. The van der Waals surface area contributed by atoms with Crippen molar-refractivity contribution in [2.45, 2.75) is 38.3 Å². The summed E-state index contributed by atoms with van der Waals surface area (Å²) in [6.45, 7) is 1.65. The van der Waals surface area contributed by atoms with Gasteiger partial charge in [-0.1, -0.05) is 48.5 Å². The average molecular weight is 418 g/mol. The first-order valence-corrected chi connectivity index (χ1v) is 10.5. The van der Waals surface area contributed by atoms with Crippen molar-refractivity contribution >= 4 is 28.7 Å². The number of nitrogens with one attached hydrogen (secondary N) is 3. The van der Waals surface area contributed by atoms with Crippen LogP contribution in [0.2, 0.25) is 0 Å². The molecule has 4 amide bonds. The van der Waals surface area contributed by atoms with Crippen molar-refractivity contribution in [2.24, 2.45) is 0 Å². The zero-order chi connectivity index (χ0) is 21.8. The van der Waals surface area contributed by atoms with E-state index in [9.17, 15) is 14.4 Å². The molecule has 2 atom stereocenters. The van der Waals surface area contributed by atoms with Gasteiger partial charge in [0.25, 0.3) is 5.91 Å². The fraction of sp³-hybridized carbons (Fsp3) is 0.292. The summed E-state index contributed by atoms with van der Waals surface area (Å²) in [6.07, 6.45) is 3.85. The molecule has 7 nitrogen and oxygen atoms in total. The minimum absolute atomic E-state index is 0.0597. The largest absolute Gasteiger partial charge is 0.361 e. The van der Waals surface area contributed by atoms with Gasteiger partial charge in [0.2, 0.25) is 5.91 Å². The highest BCUT2D eigenvalue weighted by Gasteiger charge is 2.39. The van der Waals surface area contributed by atoms with Gasteiger partial charge in [0.05, 0.1) is 0 Å². The number of hydrogen-bond donors (Lipinski definition) is 3. The van der Waals surface area contributed by atoms with Crippen LogP contribution in [-0.4, -0.2) is 46.4 Å². The zero-order valence-electron chi connectivity index (χ0n) is 17.4. The number of aryl methyl sites for hydroxylation is 1. The summed E-state index contributed by atoms with van der Waals surface area (Å²) in [7, 11) is 0. The Bertz CT molecular complexity index is 1090. The molecule has 0 bridgehead atoms. The number of aromatic amines is 1. The molecule has 1 fully saturated rings. The molecule has 0 aliphatic carbocycles. The van der Waals surface area contributed by atoms with E-state index in [2.05, 4.69) is 27.8 Å². The van der Waals surface area contributed by atoms with Crippen molar-refractivity contribution in [2.75, 3.05) is 6.54 Å². The van der Waals surface area contributed by atoms with Crippen LogP contribution in [0.1, 0.15) is 24.5 Å². The Morgan fingerprint density at radius 3 is 2.65 bits per heavy atom. The molecule has 7 heteroatoms. The fourth-order valence-corrected chi connectivity index (χ4v) is 3.95. The average Bonchev–Trinajstić information content (AvgIpc) is 3.29. The zero-order valence-corrected chi connectivity index (χ0v) is 17.4. The summed E-state index contributed by atoms with van der Waals surface area (Å²) in [5.41, 5.74) is 3.14. The molecule has 1 aliphatic heterocycles. The fourth-order valence-electron chi connectivity index (χ4n) is 3.95. The van der Waals surface area contributed by atoms with Crippen LogP contribution in [0.5, 0.6) is 0 Å². The van der Waals surface area contributed by atoms with Gasteiger partial charge in [0.15, 0.2) is 0 Å². The van der Waals surface area contributed by atoms with Gasteiger partial charge < -0.3 is 15.6 Å². The molecule has 2 heterocycles. The second kappa shape index (κ2) is 9.04. The van der Waals surface area contributed by atoms with E-state index in [-0.39, 0.29) is 24.4 Å². The summed E-state index contributed by atoms with van der Waals surface area (Å²) in [5, 5.41) is 6.61. The Balaban J connectivity index is 1.30. The third kappa shape index (κ3) is 4.77. The molecule has 3 N–H and O–H groups in total. The second-order valence-corrected chi connectivity index (χ2v) is 7.98. The first kappa shape index (κ1) is 20.7. The highest BCUT2D eigenvalue weighted by Crippen LogP contribution is 2.21. The number of amides is 4. The lowest BCUT2D eigenvalue weighted by Crippen LogP contribution is -2.44. The number of urea groups is 1. The van der Waals surface area contributed by atoms with Gasteiger partial charge in [-0.3, -0.25) is 14.5 Å². The Kier molecular flexibility index (Phi) is 6.02. The maximum absolute atomic E-state index is 12.8. The van der Waals surface area contributed by atoms with Crippen LogP contribution in [0.15, 0.2) is 60.8 Å². The monoisotopic (exact) mass is 418 g/mol. The van der Waals surface area contributed by atoms with E-state index in [1.807, 2.05) is 55.6 Å². The first-order chi connectivity index (χ1) is 15.0. The molecule has 0 spiro atoms. The van der Waals surface area contributed by atoms with Crippen LogP contribution in [0, 0.1) is 0 Å². The molecule has 1 aromatic heterocycles. The molecule has 0 unspecified atom stereocenters.